The maximum Gasteiger partial charge on any atom is 0.302 e. The van der Waals surface area contributed by atoms with Crippen LogP contribution in [0.2, 0.25) is 5.02 Å². The van der Waals surface area contributed by atoms with Gasteiger partial charge in [0.1, 0.15) is 5.52 Å². The summed E-state index contributed by atoms with van der Waals surface area (Å²) in [5.74, 6) is 0.433. The molecule has 0 aliphatic rings. The molecule has 0 saturated carbocycles. The third-order valence-electron chi connectivity index (χ3n) is 4.00. The summed E-state index contributed by atoms with van der Waals surface area (Å²) in [5.41, 5.74) is 4.64. The third kappa shape index (κ3) is 2.61. The van der Waals surface area contributed by atoms with E-state index in [9.17, 15) is 0 Å². The van der Waals surface area contributed by atoms with Crippen LogP contribution in [0.4, 0.5) is 12.0 Å². The Bertz CT molecular complexity index is 1240. The fraction of sp³-hybridized carbons (Fsp3) is 0.0556. The summed E-state index contributed by atoms with van der Waals surface area (Å²) in [7, 11) is 0. The van der Waals surface area contributed by atoms with Crippen LogP contribution in [0.3, 0.4) is 0 Å². The number of aromatic nitrogens is 4. The second-order valence-corrected chi connectivity index (χ2v) is 7.15. The molecular formula is C18H12ClN5OS. The van der Waals surface area contributed by atoms with E-state index in [1.807, 2.05) is 9.90 Å². The number of benzene rings is 2. The molecular weight excluding hydrogens is 370 g/mol. The zero-order valence-corrected chi connectivity index (χ0v) is 15.2. The first kappa shape index (κ1) is 15.4. The highest BCUT2D eigenvalue weighted by Gasteiger charge is 2.14. The van der Waals surface area contributed by atoms with E-state index < -0.39 is 0 Å². The lowest BCUT2D eigenvalue weighted by molar-refractivity contribution is 0.621. The molecule has 26 heavy (non-hydrogen) atoms. The lowest BCUT2D eigenvalue weighted by atomic mass is 10.1. The highest BCUT2D eigenvalue weighted by molar-refractivity contribution is 7.15. The number of nitrogens with one attached hydrogen (secondary N) is 1. The molecule has 0 bridgehead atoms. The van der Waals surface area contributed by atoms with Gasteiger partial charge in [-0.3, -0.25) is 5.32 Å². The molecule has 2 aromatic carbocycles. The van der Waals surface area contributed by atoms with Gasteiger partial charge < -0.3 is 4.42 Å². The minimum atomic E-state index is 0.331. The van der Waals surface area contributed by atoms with E-state index >= 15 is 0 Å². The Morgan fingerprint density at radius 3 is 2.81 bits per heavy atom. The zero-order valence-electron chi connectivity index (χ0n) is 13.6. The molecule has 0 aliphatic heterocycles. The van der Waals surface area contributed by atoms with Crippen molar-refractivity contribution in [3.05, 3.63) is 58.4 Å². The van der Waals surface area contributed by atoms with Gasteiger partial charge in [-0.15, -0.1) is 16.4 Å². The average molecular weight is 382 g/mol. The summed E-state index contributed by atoms with van der Waals surface area (Å²) in [4.78, 5) is 9.65. The smallest absolute Gasteiger partial charge is 0.302 e. The van der Waals surface area contributed by atoms with Gasteiger partial charge in [0.05, 0.1) is 5.69 Å². The topological polar surface area (TPSA) is 68.2 Å². The molecule has 0 fully saturated rings. The van der Waals surface area contributed by atoms with Crippen LogP contribution in [-0.2, 0) is 0 Å². The highest BCUT2D eigenvalue weighted by Crippen LogP contribution is 2.28. The van der Waals surface area contributed by atoms with E-state index in [-0.39, 0.29) is 0 Å². The van der Waals surface area contributed by atoms with Gasteiger partial charge in [0.2, 0.25) is 4.96 Å². The van der Waals surface area contributed by atoms with Gasteiger partial charge in [0, 0.05) is 16.0 Å². The molecule has 5 aromatic rings. The number of fused-ring (bicyclic) bond motifs is 2. The molecule has 0 aliphatic carbocycles. The summed E-state index contributed by atoms with van der Waals surface area (Å²) < 4.78 is 7.48. The fourth-order valence-electron chi connectivity index (χ4n) is 2.71. The van der Waals surface area contributed by atoms with Gasteiger partial charge >= 0.3 is 6.01 Å². The Morgan fingerprint density at radius 2 is 1.96 bits per heavy atom. The Balaban J connectivity index is 1.50. The van der Waals surface area contributed by atoms with Gasteiger partial charge in [-0.25, -0.2) is 4.52 Å². The van der Waals surface area contributed by atoms with E-state index in [0.29, 0.717) is 28.1 Å². The van der Waals surface area contributed by atoms with E-state index in [2.05, 4.69) is 51.6 Å². The van der Waals surface area contributed by atoms with Crippen LogP contribution in [0.15, 0.2) is 52.3 Å². The van der Waals surface area contributed by atoms with Crippen molar-refractivity contribution in [3.63, 3.8) is 0 Å². The van der Waals surface area contributed by atoms with Crippen molar-refractivity contribution in [1.29, 1.82) is 0 Å². The first-order valence-electron chi connectivity index (χ1n) is 7.90. The molecule has 5 rings (SSSR count). The number of hydrogen-bond acceptors (Lipinski definition) is 6. The Labute approximate surface area is 157 Å². The normalized spacial score (nSPS) is 11.5. The van der Waals surface area contributed by atoms with Crippen LogP contribution in [0, 0.1) is 6.92 Å². The van der Waals surface area contributed by atoms with Crippen LogP contribution >= 0.6 is 22.9 Å². The van der Waals surface area contributed by atoms with Crippen LogP contribution in [-0.4, -0.2) is 19.6 Å². The van der Waals surface area contributed by atoms with Crippen molar-refractivity contribution in [1.82, 2.24) is 19.6 Å². The van der Waals surface area contributed by atoms with Crippen LogP contribution in [0.1, 0.15) is 5.56 Å². The third-order valence-corrected chi connectivity index (χ3v) is 5.05. The highest BCUT2D eigenvalue weighted by atomic mass is 35.5. The molecule has 0 saturated heterocycles. The van der Waals surface area contributed by atoms with E-state index in [1.165, 1.54) is 16.9 Å². The fourth-order valence-corrected chi connectivity index (χ4v) is 3.70. The lowest BCUT2D eigenvalue weighted by Crippen LogP contribution is -1.94. The molecule has 0 radical (unpaired) electrons. The molecule has 128 valence electrons. The quantitative estimate of drug-likeness (QED) is 0.459. The van der Waals surface area contributed by atoms with E-state index in [4.69, 9.17) is 16.0 Å². The number of thiazole rings is 1. The Hall–Kier alpha value is -2.90. The lowest BCUT2D eigenvalue weighted by Gasteiger charge is -1.99. The summed E-state index contributed by atoms with van der Waals surface area (Å²) in [5, 5.41) is 10.2. The number of aryl methyl sites for hydroxylation is 1. The molecule has 3 aromatic heterocycles. The maximum atomic E-state index is 5.98. The van der Waals surface area contributed by atoms with Gasteiger partial charge in [0.15, 0.2) is 5.58 Å². The largest absolute Gasteiger partial charge is 0.423 e. The summed E-state index contributed by atoms with van der Waals surface area (Å²) >= 11 is 7.52. The number of anilines is 2. The van der Waals surface area contributed by atoms with Crippen LogP contribution < -0.4 is 5.32 Å². The average Bonchev–Trinajstić information content (AvgIpc) is 3.29. The van der Waals surface area contributed by atoms with Crippen molar-refractivity contribution >= 4 is 51.0 Å². The predicted octanol–water partition coefficient (Wildman–Crippen LogP) is 5.30. The number of hydrogen-bond donors (Lipinski definition) is 1. The number of nitrogens with zero attached hydrogens (tertiary/aromatic N) is 4. The molecule has 0 amide bonds. The van der Waals surface area contributed by atoms with Crippen molar-refractivity contribution in [2.75, 3.05) is 5.32 Å². The first-order chi connectivity index (χ1) is 12.7. The molecule has 0 unspecified atom stereocenters. The second kappa shape index (κ2) is 5.82. The molecule has 0 atom stereocenters. The molecule has 1 N–H and O–H groups in total. The van der Waals surface area contributed by atoms with Crippen molar-refractivity contribution < 1.29 is 4.42 Å². The van der Waals surface area contributed by atoms with Crippen molar-refractivity contribution in [2.24, 2.45) is 0 Å². The van der Waals surface area contributed by atoms with Gasteiger partial charge in [0.25, 0.3) is 5.95 Å². The van der Waals surface area contributed by atoms with Gasteiger partial charge in [-0.1, -0.05) is 41.4 Å². The minimum absolute atomic E-state index is 0.331. The molecule has 0 spiro atoms. The van der Waals surface area contributed by atoms with Crippen LogP contribution in [0.5, 0.6) is 0 Å². The minimum Gasteiger partial charge on any atom is -0.423 e. The van der Waals surface area contributed by atoms with Gasteiger partial charge in [-0.05, 0) is 25.1 Å². The molecule has 6 nitrogen and oxygen atoms in total. The predicted molar refractivity (Wildman–Crippen MR) is 103 cm³/mol. The summed E-state index contributed by atoms with van der Waals surface area (Å²) in [6.07, 6.45) is 0. The maximum absolute atomic E-state index is 5.98. The number of oxazole rings is 1. The standard InChI is InChI=1S/C18H12ClN5OS/c1-10-2-4-11(5-3-10)14-9-26-18-22-16(23-24(14)18)21-17-20-13-8-12(19)6-7-15(13)25-17/h2-9H,1H3,(H,20,21,23). The Morgan fingerprint density at radius 1 is 1.12 bits per heavy atom. The van der Waals surface area contributed by atoms with Crippen LogP contribution in [0.25, 0.3) is 27.3 Å². The van der Waals surface area contributed by atoms with Crippen molar-refractivity contribution in [2.45, 2.75) is 6.92 Å². The van der Waals surface area contributed by atoms with Crippen molar-refractivity contribution in [3.8, 4) is 11.3 Å². The summed E-state index contributed by atoms with van der Waals surface area (Å²) in [6, 6.07) is 13.9. The zero-order chi connectivity index (χ0) is 17.7. The van der Waals surface area contributed by atoms with E-state index in [1.54, 1.807) is 18.2 Å². The van der Waals surface area contributed by atoms with E-state index in [0.717, 1.165) is 16.2 Å². The summed E-state index contributed by atoms with van der Waals surface area (Å²) in [6.45, 7) is 2.07. The Kier molecular flexibility index (Phi) is 3.44. The number of rotatable bonds is 3. The number of halogens is 1. The first-order valence-corrected chi connectivity index (χ1v) is 9.16. The SMILES string of the molecule is Cc1ccc(-c2csc3nc(Nc4nc5cc(Cl)ccc5o4)nn23)cc1. The molecule has 3 heterocycles. The second-order valence-electron chi connectivity index (χ2n) is 5.87. The van der Waals surface area contributed by atoms with Gasteiger partial charge in [-0.2, -0.15) is 9.97 Å². The molecule has 8 heteroatoms. The monoisotopic (exact) mass is 381 g/mol.